The third-order valence-corrected chi connectivity index (χ3v) is 8.35. The van der Waals surface area contributed by atoms with Crippen LogP contribution in [0.5, 0.6) is 0 Å². The maximum absolute atomic E-state index is 13.7. The standard InChI is InChI=1S/C34H36N8O3/c1-41-20-25(9-16-31(41)43)24-7-12-29(13-8-24)42(34(44)37-18-23-5-3-2-4-6-23)30-14-10-27(11-15-30)39-33-36-19-26(17-35)32(40-33)38-28-21-45-22-28/h2-9,12-13,16,19-20,27-28,30H,10-11,14-15,18,21-22H2,1H3,(H,37,44)(H2,36,38,39,40). The molecule has 1 aliphatic heterocycles. The molecule has 1 saturated heterocycles. The topological polar surface area (TPSA) is 137 Å². The Bertz CT molecular complexity index is 1720. The number of hydrogen-bond donors (Lipinski definition) is 3. The first-order chi connectivity index (χ1) is 22.0. The zero-order valence-electron chi connectivity index (χ0n) is 25.1. The number of benzene rings is 2. The van der Waals surface area contributed by atoms with E-state index in [2.05, 4.69) is 32.0 Å². The molecule has 11 nitrogen and oxygen atoms in total. The molecule has 45 heavy (non-hydrogen) atoms. The summed E-state index contributed by atoms with van der Waals surface area (Å²) in [6.45, 7) is 1.61. The monoisotopic (exact) mass is 604 g/mol. The summed E-state index contributed by atoms with van der Waals surface area (Å²) in [5, 5.41) is 19.3. The highest BCUT2D eigenvalue weighted by Gasteiger charge is 2.31. The van der Waals surface area contributed by atoms with Gasteiger partial charge in [0.1, 0.15) is 17.5 Å². The molecule has 2 aliphatic rings. The van der Waals surface area contributed by atoms with Gasteiger partial charge in [0.15, 0.2) is 0 Å². The Labute approximate surface area is 261 Å². The lowest BCUT2D eigenvalue weighted by atomic mass is 9.90. The van der Waals surface area contributed by atoms with Crippen LogP contribution in [0.3, 0.4) is 0 Å². The number of urea groups is 1. The number of carbonyl (C=O) groups excluding carboxylic acids is 1. The van der Waals surface area contributed by atoms with E-state index in [4.69, 9.17) is 4.74 Å². The van der Waals surface area contributed by atoms with Gasteiger partial charge in [0.2, 0.25) is 11.5 Å². The van der Waals surface area contributed by atoms with Crippen molar-refractivity contribution in [3.63, 3.8) is 0 Å². The van der Waals surface area contributed by atoms with Crippen molar-refractivity contribution in [3.8, 4) is 17.2 Å². The molecular formula is C34H36N8O3. The lowest BCUT2D eigenvalue weighted by Crippen LogP contribution is -2.48. The quantitative estimate of drug-likeness (QED) is 0.251. The van der Waals surface area contributed by atoms with Crippen molar-refractivity contribution in [1.82, 2.24) is 19.9 Å². The van der Waals surface area contributed by atoms with Crippen LogP contribution in [0.25, 0.3) is 11.1 Å². The molecule has 2 fully saturated rings. The van der Waals surface area contributed by atoms with E-state index in [0.29, 0.717) is 37.1 Å². The Kier molecular flexibility index (Phi) is 9.03. The van der Waals surface area contributed by atoms with Gasteiger partial charge in [-0.25, -0.2) is 9.78 Å². The van der Waals surface area contributed by atoms with E-state index >= 15 is 0 Å². The molecule has 2 aromatic heterocycles. The van der Waals surface area contributed by atoms with E-state index in [0.717, 1.165) is 48.1 Å². The molecule has 4 aromatic rings. The minimum absolute atomic E-state index is 0.0000485. The molecule has 2 aromatic carbocycles. The molecule has 2 amide bonds. The zero-order chi connectivity index (χ0) is 31.2. The number of aromatic nitrogens is 3. The van der Waals surface area contributed by atoms with Crippen molar-refractivity contribution in [1.29, 1.82) is 5.26 Å². The van der Waals surface area contributed by atoms with E-state index < -0.39 is 0 Å². The van der Waals surface area contributed by atoms with E-state index in [-0.39, 0.29) is 29.7 Å². The van der Waals surface area contributed by atoms with Crippen molar-refractivity contribution in [2.75, 3.05) is 28.7 Å². The first-order valence-corrected chi connectivity index (χ1v) is 15.2. The third kappa shape index (κ3) is 7.13. The Balaban J connectivity index is 1.16. The summed E-state index contributed by atoms with van der Waals surface area (Å²) in [6.07, 6.45) is 6.59. The van der Waals surface area contributed by atoms with Crippen LogP contribution in [0, 0.1) is 11.3 Å². The van der Waals surface area contributed by atoms with Gasteiger partial charge >= 0.3 is 6.03 Å². The van der Waals surface area contributed by atoms with Crippen LogP contribution >= 0.6 is 0 Å². The van der Waals surface area contributed by atoms with Crippen LogP contribution in [0.1, 0.15) is 36.8 Å². The number of carbonyl (C=O) groups is 1. The lowest BCUT2D eigenvalue weighted by Gasteiger charge is -2.37. The average Bonchev–Trinajstić information content (AvgIpc) is 3.05. The Morgan fingerprint density at radius 2 is 1.71 bits per heavy atom. The van der Waals surface area contributed by atoms with Crippen molar-refractivity contribution < 1.29 is 9.53 Å². The predicted molar refractivity (Wildman–Crippen MR) is 173 cm³/mol. The largest absolute Gasteiger partial charge is 0.377 e. The molecule has 1 saturated carbocycles. The number of anilines is 3. The number of nitrogens with zero attached hydrogens (tertiary/aromatic N) is 5. The van der Waals surface area contributed by atoms with Crippen LogP contribution < -0.4 is 26.4 Å². The third-order valence-electron chi connectivity index (χ3n) is 8.35. The molecular weight excluding hydrogens is 568 g/mol. The SMILES string of the molecule is Cn1cc(-c2ccc(N(C(=O)NCc3ccccc3)C3CCC(Nc4ncc(C#N)c(NC5COC5)n4)CC3)cc2)ccc1=O. The number of hydrogen-bond acceptors (Lipinski definition) is 8. The Morgan fingerprint density at radius 1 is 0.978 bits per heavy atom. The second kappa shape index (κ2) is 13.6. The van der Waals surface area contributed by atoms with Gasteiger partial charge in [0, 0.05) is 43.6 Å². The van der Waals surface area contributed by atoms with Crippen LogP contribution in [0.2, 0.25) is 0 Å². The molecule has 1 aliphatic carbocycles. The zero-order valence-corrected chi connectivity index (χ0v) is 25.1. The summed E-state index contributed by atoms with van der Waals surface area (Å²) in [5.74, 6) is 0.992. The lowest BCUT2D eigenvalue weighted by molar-refractivity contribution is 0.0209. The van der Waals surface area contributed by atoms with Crippen LogP contribution in [-0.2, 0) is 18.3 Å². The first kappa shape index (κ1) is 29.8. The van der Waals surface area contributed by atoms with E-state index in [1.807, 2.05) is 71.8 Å². The van der Waals surface area contributed by atoms with Crippen molar-refractivity contribution in [3.05, 3.63) is 101 Å². The van der Waals surface area contributed by atoms with Gasteiger partial charge in [-0.3, -0.25) is 9.69 Å². The fraction of sp³-hybridized carbons (Fsp3) is 0.324. The fourth-order valence-corrected chi connectivity index (χ4v) is 5.75. The van der Waals surface area contributed by atoms with E-state index in [1.165, 1.54) is 0 Å². The van der Waals surface area contributed by atoms with Crippen LogP contribution in [0.4, 0.5) is 22.2 Å². The second-order valence-corrected chi connectivity index (χ2v) is 11.5. The summed E-state index contributed by atoms with van der Waals surface area (Å²) < 4.78 is 6.79. The Hall–Kier alpha value is -5.21. The van der Waals surface area contributed by atoms with Gasteiger partial charge in [0.05, 0.1) is 25.5 Å². The highest BCUT2D eigenvalue weighted by Crippen LogP contribution is 2.31. The molecule has 0 radical (unpaired) electrons. The summed E-state index contributed by atoms with van der Waals surface area (Å²) in [4.78, 5) is 36.4. The molecule has 0 atom stereocenters. The average molecular weight is 605 g/mol. The molecule has 0 unspecified atom stereocenters. The number of nitriles is 1. The number of rotatable bonds is 9. The molecule has 11 heteroatoms. The van der Waals surface area contributed by atoms with Crippen molar-refractivity contribution >= 4 is 23.5 Å². The maximum atomic E-state index is 13.7. The van der Waals surface area contributed by atoms with Gasteiger partial charge in [0.25, 0.3) is 0 Å². The molecule has 230 valence electrons. The number of ether oxygens (including phenoxy) is 1. The highest BCUT2D eigenvalue weighted by atomic mass is 16.5. The van der Waals surface area contributed by atoms with Gasteiger partial charge in [-0.15, -0.1) is 0 Å². The van der Waals surface area contributed by atoms with Gasteiger partial charge in [-0.1, -0.05) is 42.5 Å². The Morgan fingerprint density at radius 3 is 2.38 bits per heavy atom. The summed E-state index contributed by atoms with van der Waals surface area (Å²) >= 11 is 0. The number of amides is 2. The minimum atomic E-state index is -0.142. The number of nitrogens with one attached hydrogen (secondary N) is 3. The fourth-order valence-electron chi connectivity index (χ4n) is 5.75. The minimum Gasteiger partial charge on any atom is -0.377 e. The van der Waals surface area contributed by atoms with Gasteiger partial charge < -0.3 is 25.3 Å². The van der Waals surface area contributed by atoms with E-state index in [1.54, 1.807) is 23.9 Å². The normalized spacial score (nSPS) is 17.9. The summed E-state index contributed by atoms with van der Waals surface area (Å²) in [6, 6.07) is 23.5. The molecule has 3 N–H and O–H groups in total. The second-order valence-electron chi connectivity index (χ2n) is 11.5. The maximum Gasteiger partial charge on any atom is 0.322 e. The number of pyridine rings is 1. The van der Waals surface area contributed by atoms with E-state index in [9.17, 15) is 14.9 Å². The molecule has 0 spiro atoms. The van der Waals surface area contributed by atoms with Crippen LogP contribution in [-0.4, -0.2) is 51.9 Å². The van der Waals surface area contributed by atoms with Crippen molar-refractivity contribution in [2.24, 2.45) is 7.05 Å². The van der Waals surface area contributed by atoms with Gasteiger partial charge in [-0.05, 0) is 60.6 Å². The first-order valence-electron chi connectivity index (χ1n) is 15.2. The van der Waals surface area contributed by atoms with Gasteiger partial charge in [-0.2, -0.15) is 10.2 Å². The molecule has 6 rings (SSSR count). The summed E-state index contributed by atoms with van der Waals surface area (Å²) in [5.41, 5.74) is 4.08. The number of aryl methyl sites for hydroxylation is 1. The highest BCUT2D eigenvalue weighted by molar-refractivity contribution is 5.93. The van der Waals surface area contributed by atoms with Crippen molar-refractivity contribution in [2.45, 2.75) is 50.4 Å². The summed E-state index contributed by atoms with van der Waals surface area (Å²) in [7, 11) is 1.73. The molecule has 3 heterocycles. The predicted octanol–water partition coefficient (Wildman–Crippen LogP) is 4.66. The van der Waals surface area contributed by atoms with Crippen LogP contribution in [0.15, 0.2) is 83.9 Å². The molecule has 0 bridgehead atoms. The smallest absolute Gasteiger partial charge is 0.322 e.